The Labute approximate surface area is 478 Å². The molecule has 0 radical (unpaired) electrons. The summed E-state index contributed by atoms with van der Waals surface area (Å²) in [6, 6.07) is 0. The van der Waals surface area contributed by atoms with Crippen LogP contribution >= 0.6 is 0 Å². The number of quaternary nitrogens is 1. The molecule has 77 heavy (non-hydrogen) atoms. The fraction of sp³-hybridized carbons (Fsp3) is 0.897. The average molecular weight is 1090 g/mol. The van der Waals surface area contributed by atoms with Gasteiger partial charge in [0.05, 0.1) is 34.4 Å². The summed E-state index contributed by atoms with van der Waals surface area (Å²) in [6.45, 7) is 4.87. The second-order valence-electron chi connectivity index (χ2n) is 24.1. The lowest BCUT2D eigenvalue weighted by Crippen LogP contribution is -2.40. The highest BCUT2D eigenvalue weighted by molar-refractivity contribution is 5.71. The predicted octanol–water partition coefficient (Wildman–Crippen LogP) is 20.2. The fourth-order valence-corrected chi connectivity index (χ4v) is 10.0. The van der Waals surface area contributed by atoms with Gasteiger partial charge in [0.15, 0.2) is 6.10 Å². The summed E-state index contributed by atoms with van der Waals surface area (Å²) in [5.41, 5.74) is 0. The number of carbonyl (C=O) groups excluding carboxylic acids is 2. The number of aliphatic carboxylic acids is 1. The van der Waals surface area contributed by atoms with Crippen LogP contribution in [0.1, 0.15) is 335 Å². The first-order chi connectivity index (χ1) is 37.6. The number of hydrogen-bond acceptors (Lipinski definition) is 7. The van der Waals surface area contributed by atoms with Crippen LogP contribution in [0.3, 0.4) is 0 Å². The number of allylic oxidation sites excluding steroid dienone is 4. The zero-order valence-corrected chi connectivity index (χ0v) is 51.9. The summed E-state index contributed by atoms with van der Waals surface area (Å²) < 4.78 is 22.9. The Morgan fingerprint density at radius 1 is 0.390 bits per heavy atom. The van der Waals surface area contributed by atoms with Gasteiger partial charge in [-0.25, -0.2) is 4.79 Å². The number of unbranched alkanes of at least 4 members (excludes halogenated alkanes) is 44. The maximum Gasteiger partial charge on any atom is 0.361 e. The number of ether oxygens (including phenoxy) is 4. The van der Waals surface area contributed by atoms with E-state index in [9.17, 15) is 19.5 Å². The van der Waals surface area contributed by atoms with Crippen LogP contribution in [-0.2, 0) is 33.3 Å². The third kappa shape index (κ3) is 61.2. The van der Waals surface area contributed by atoms with Crippen LogP contribution < -0.4 is 0 Å². The molecule has 0 aliphatic rings. The minimum Gasteiger partial charge on any atom is -0.477 e. The summed E-state index contributed by atoms with van der Waals surface area (Å²) in [4.78, 5) is 37.4. The summed E-state index contributed by atoms with van der Waals surface area (Å²) in [7, 11) is 5.97. The molecule has 0 aromatic carbocycles. The lowest BCUT2D eigenvalue weighted by Gasteiger charge is -2.25. The number of likely N-dealkylation sites (N-methyl/N-ethyl adjacent to an activating group) is 1. The molecule has 0 aliphatic carbocycles. The van der Waals surface area contributed by atoms with E-state index < -0.39 is 24.3 Å². The third-order valence-corrected chi connectivity index (χ3v) is 15.2. The molecular formula is C68H130NO8+. The van der Waals surface area contributed by atoms with Gasteiger partial charge in [-0.15, -0.1) is 0 Å². The molecule has 0 aliphatic heterocycles. The minimum atomic E-state index is -1.51. The molecule has 2 atom stereocenters. The Morgan fingerprint density at radius 2 is 0.714 bits per heavy atom. The summed E-state index contributed by atoms with van der Waals surface area (Å²) in [5, 5.41) is 9.70. The third-order valence-electron chi connectivity index (χ3n) is 15.2. The maximum absolute atomic E-state index is 12.8. The molecule has 454 valence electrons. The summed E-state index contributed by atoms with van der Waals surface area (Å²) >= 11 is 0. The smallest absolute Gasteiger partial charge is 0.361 e. The molecule has 1 N–H and O–H groups in total. The Kier molecular flexibility index (Phi) is 58.1. The van der Waals surface area contributed by atoms with Gasteiger partial charge < -0.3 is 28.5 Å². The number of esters is 2. The van der Waals surface area contributed by atoms with Crippen LogP contribution in [0.15, 0.2) is 24.3 Å². The van der Waals surface area contributed by atoms with E-state index in [1.54, 1.807) is 0 Å². The molecule has 0 bridgehead atoms. The van der Waals surface area contributed by atoms with Gasteiger partial charge in [0, 0.05) is 12.8 Å². The number of carbonyl (C=O) groups is 3. The van der Waals surface area contributed by atoms with Crippen molar-refractivity contribution in [3.8, 4) is 0 Å². The van der Waals surface area contributed by atoms with Crippen molar-refractivity contribution in [2.45, 2.75) is 347 Å². The quantitative estimate of drug-likeness (QED) is 0.0211. The monoisotopic (exact) mass is 1090 g/mol. The van der Waals surface area contributed by atoms with Crippen molar-refractivity contribution in [3.63, 3.8) is 0 Å². The molecule has 9 nitrogen and oxygen atoms in total. The molecule has 0 amide bonds. The van der Waals surface area contributed by atoms with E-state index in [4.69, 9.17) is 18.9 Å². The number of carboxylic acids is 1. The van der Waals surface area contributed by atoms with E-state index in [1.807, 2.05) is 21.1 Å². The van der Waals surface area contributed by atoms with Crippen molar-refractivity contribution < 1.29 is 42.9 Å². The van der Waals surface area contributed by atoms with E-state index in [2.05, 4.69) is 38.2 Å². The summed E-state index contributed by atoms with van der Waals surface area (Å²) in [6.07, 6.45) is 70.4. The average Bonchev–Trinajstić information content (AvgIpc) is 3.40. The molecule has 0 heterocycles. The van der Waals surface area contributed by atoms with E-state index in [0.29, 0.717) is 23.9 Å². The van der Waals surface area contributed by atoms with Gasteiger partial charge in [0.1, 0.15) is 13.2 Å². The van der Waals surface area contributed by atoms with Gasteiger partial charge in [-0.2, -0.15) is 0 Å². The van der Waals surface area contributed by atoms with Crippen molar-refractivity contribution in [2.75, 3.05) is 47.5 Å². The standard InChI is InChI=1S/C68H129NO8/c1-6-8-10-12-14-16-18-20-22-23-24-25-26-27-28-29-30-31-32-33-34-35-36-37-38-39-40-41-42-43-44-45-47-48-50-52-54-56-58-65(70)75-62-64(63-76-68(67(72)73)74-61-60-69(3,4)5)77-66(71)59-57-55-53-51-49-46-21-19-17-15-13-11-9-7-2/h13,15,19,21,64,68H,6-12,14,16-18,20,22-63H2,1-5H3/p+1/b15-13-,21-19-. The van der Waals surface area contributed by atoms with Crippen LogP contribution in [0.2, 0.25) is 0 Å². The molecule has 0 rings (SSSR count). The van der Waals surface area contributed by atoms with Crippen LogP contribution in [0, 0.1) is 0 Å². The van der Waals surface area contributed by atoms with Crippen molar-refractivity contribution in [1.82, 2.24) is 0 Å². The van der Waals surface area contributed by atoms with Gasteiger partial charge in [0.2, 0.25) is 0 Å². The van der Waals surface area contributed by atoms with E-state index >= 15 is 0 Å². The van der Waals surface area contributed by atoms with Crippen molar-refractivity contribution in [3.05, 3.63) is 24.3 Å². The molecule has 0 aromatic heterocycles. The van der Waals surface area contributed by atoms with Crippen molar-refractivity contribution >= 4 is 17.9 Å². The fourth-order valence-electron chi connectivity index (χ4n) is 10.0. The van der Waals surface area contributed by atoms with Crippen molar-refractivity contribution in [1.29, 1.82) is 0 Å². The lowest BCUT2D eigenvalue weighted by atomic mass is 10.0. The van der Waals surface area contributed by atoms with Gasteiger partial charge >= 0.3 is 17.9 Å². The van der Waals surface area contributed by atoms with Gasteiger partial charge in [-0.3, -0.25) is 9.59 Å². The van der Waals surface area contributed by atoms with E-state index in [1.165, 1.54) is 238 Å². The molecule has 0 spiro atoms. The normalized spacial score (nSPS) is 12.8. The first kappa shape index (κ1) is 74.8. The molecular weight excluding hydrogens is 959 g/mol. The molecule has 0 saturated heterocycles. The number of carboxylic acid groups (broad SMARTS) is 1. The number of rotatable bonds is 63. The summed E-state index contributed by atoms with van der Waals surface area (Å²) in [5.74, 6) is -2.01. The number of hydrogen-bond donors (Lipinski definition) is 1. The lowest BCUT2D eigenvalue weighted by molar-refractivity contribution is -0.870. The largest absolute Gasteiger partial charge is 0.477 e. The first-order valence-electron chi connectivity index (χ1n) is 33.5. The highest BCUT2D eigenvalue weighted by Crippen LogP contribution is 2.19. The molecule has 9 heteroatoms. The minimum absolute atomic E-state index is 0.183. The second kappa shape index (κ2) is 59.9. The first-order valence-corrected chi connectivity index (χ1v) is 33.5. The van der Waals surface area contributed by atoms with Gasteiger partial charge in [-0.05, 0) is 38.5 Å². The zero-order valence-electron chi connectivity index (χ0n) is 51.9. The van der Waals surface area contributed by atoms with Crippen LogP contribution in [-0.4, -0.2) is 87.4 Å². The van der Waals surface area contributed by atoms with Crippen LogP contribution in [0.4, 0.5) is 0 Å². The topological polar surface area (TPSA) is 108 Å². The Hall–Kier alpha value is -2.23. The highest BCUT2D eigenvalue weighted by atomic mass is 16.7. The second-order valence-corrected chi connectivity index (χ2v) is 24.1. The SMILES string of the molecule is CCCC/C=C\C/C=C\CCCCCCCC(=O)OC(COC(=O)CCCCCCCCCCCCCCCCCCCCCCCCCCCCCCCCCCCCCCCC)COC(OCC[N+](C)(C)C)C(=O)O. The van der Waals surface area contributed by atoms with Crippen LogP contribution in [0.25, 0.3) is 0 Å². The Balaban J connectivity index is 3.89. The number of nitrogens with zero attached hydrogens (tertiary/aromatic N) is 1. The van der Waals surface area contributed by atoms with Crippen LogP contribution in [0.5, 0.6) is 0 Å². The Bertz CT molecular complexity index is 1310. The van der Waals surface area contributed by atoms with Crippen molar-refractivity contribution in [2.24, 2.45) is 0 Å². The highest BCUT2D eigenvalue weighted by Gasteiger charge is 2.25. The molecule has 0 saturated carbocycles. The Morgan fingerprint density at radius 3 is 1.06 bits per heavy atom. The molecule has 2 unspecified atom stereocenters. The van der Waals surface area contributed by atoms with E-state index in [0.717, 1.165) is 64.2 Å². The zero-order chi connectivity index (χ0) is 56.2. The van der Waals surface area contributed by atoms with E-state index in [-0.39, 0.29) is 32.2 Å². The predicted molar refractivity (Wildman–Crippen MR) is 328 cm³/mol. The van der Waals surface area contributed by atoms with Gasteiger partial charge in [0.25, 0.3) is 6.29 Å². The molecule has 0 aromatic rings. The maximum atomic E-state index is 12.8. The van der Waals surface area contributed by atoms with Gasteiger partial charge in [-0.1, -0.05) is 308 Å². The molecule has 0 fully saturated rings.